The quantitative estimate of drug-likeness (QED) is 0.716. The van der Waals surface area contributed by atoms with Gasteiger partial charge in [-0.3, -0.25) is 0 Å². The minimum Gasteiger partial charge on any atom is -0.333 e. The van der Waals surface area contributed by atoms with E-state index in [9.17, 15) is 0 Å². The SMILES string of the molecule is CCN1CCC(n2cnc(CCl)c2)C1. The van der Waals surface area contributed by atoms with E-state index in [1.807, 2.05) is 6.33 Å². The lowest BCUT2D eigenvalue weighted by Crippen LogP contribution is -2.20. The molecule has 1 aliphatic heterocycles. The van der Waals surface area contributed by atoms with Gasteiger partial charge in [-0.25, -0.2) is 4.98 Å². The van der Waals surface area contributed by atoms with Crippen molar-refractivity contribution in [3.63, 3.8) is 0 Å². The molecule has 0 saturated carbocycles. The molecular formula is C10H16ClN3. The van der Waals surface area contributed by atoms with Crippen molar-refractivity contribution < 1.29 is 0 Å². The van der Waals surface area contributed by atoms with Crippen LogP contribution in [0.25, 0.3) is 0 Å². The Hall–Kier alpha value is -0.540. The van der Waals surface area contributed by atoms with Crippen LogP contribution in [-0.2, 0) is 5.88 Å². The van der Waals surface area contributed by atoms with Crippen molar-refractivity contribution in [3.8, 4) is 0 Å². The number of likely N-dealkylation sites (N-methyl/N-ethyl adjacent to an activating group) is 1. The summed E-state index contributed by atoms with van der Waals surface area (Å²) in [7, 11) is 0. The van der Waals surface area contributed by atoms with E-state index >= 15 is 0 Å². The number of likely N-dealkylation sites (tertiary alicyclic amines) is 1. The van der Waals surface area contributed by atoms with Crippen molar-refractivity contribution in [2.75, 3.05) is 19.6 Å². The fourth-order valence-corrected chi connectivity index (χ4v) is 2.13. The van der Waals surface area contributed by atoms with Crippen LogP contribution in [0.1, 0.15) is 25.1 Å². The van der Waals surface area contributed by atoms with Crippen LogP contribution in [0, 0.1) is 0 Å². The van der Waals surface area contributed by atoms with Crippen LogP contribution >= 0.6 is 11.6 Å². The first-order valence-electron chi connectivity index (χ1n) is 5.14. The Morgan fingerprint density at radius 2 is 2.50 bits per heavy atom. The van der Waals surface area contributed by atoms with Gasteiger partial charge < -0.3 is 9.47 Å². The number of rotatable bonds is 3. The van der Waals surface area contributed by atoms with Gasteiger partial charge in [-0.1, -0.05) is 6.92 Å². The van der Waals surface area contributed by atoms with Crippen molar-refractivity contribution in [1.29, 1.82) is 0 Å². The second-order valence-corrected chi connectivity index (χ2v) is 4.05. The molecule has 0 spiro atoms. The molecule has 78 valence electrons. The van der Waals surface area contributed by atoms with Crippen molar-refractivity contribution in [1.82, 2.24) is 14.5 Å². The van der Waals surface area contributed by atoms with E-state index in [-0.39, 0.29) is 0 Å². The Morgan fingerprint density at radius 1 is 1.64 bits per heavy atom. The van der Waals surface area contributed by atoms with Crippen LogP contribution in [0.5, 0.6) is 0 Å². The summed E-state index contributed by atoms with van der Waals surface area (Å²) in [4.78, 5) is 6.71. The third-order valence-corrected chi connectivity index (χ3v) is 3.18. The van der Waals surface area contributed by atoms with Crippen LogP contribution in [-0.4, -0.2) is 34.1 Å². The topological polar surface area (TPSA) is 21.1 Å². The first-order chi connectivity index (χ1) is 6.83. The number of nitrogens with zero attached hydrogens (tertiary/aromatic N) is 3. The molecule has 1 saturated heterocycles. The number of aromatic nitrogens is 2. The van der Waals surface area contributed by atoms with Crippen LogP contribution < -0.4 is 0 Å². The summed E-state index contributed by atoms with van der Waals surface area (Å²) in [6.45, 7) is 5.71. The van der Waals surface area contributed by atoms with E-state index in [4.69, 9.17) is 11.6 Å². The minimum atomic E-state index is 0.511. The Labute approximate surface area is 89.7 Å². The molecule has 1 fully saturated rings. The van der Waals surface area contributed by atoms with Crippen LogP contribution in [0.4, 0.5) is 0 Å². The summed E-state index contributed by atoms with van der Waals surface area (Å²) in [5.74, 6) is 0.511. The molecule has 1 aliphatic rings. The zero-order valence-electron chi connectivity index (χ0n) is 8.49. The third-order valence-electron chi connectivity index (χ3n) is 2.91. The van der Waals surface area contributed by atoms with E-state index in [2.05, 4.69) is 27.6 Å². The van der Waals surface area contributed by atoms with E-state index in [0.717, 1.165) is 18.8 Å². The lowest BCUT2D eigenvalue weighted by Gasteiger charge is -2.13. The van der Waals surface area contributed by atoms with Gasteiger partial charge in [0.05, 0.1) is 17.9 Å². The van der Waals surface area contributed by atoms with Gasteiger partial charge in [0.1, 0.15) is 0 Å². The van der Waals surface area contributed by atoms with Gasteiger partial charge in [-0.05, 0) is 13.0 Å². The maximum atomic E-state index is 5.72. The number of imidazole rings is 1. The minimum absolute atomic E-state index is 0.511. The highest BCUT2D eigenvalue weighted by Gasteiger charge is 2.22. The molecule has 3 nitrogen and oxygen atoms in total. The average molecular weight is 214 g/mol. The van der Waals surface area contributed by atoms with E-state index in [1.165, 1.54) is 13.0 Å². The standard InChI is InChI=1S/C10H16ClN3/c1-2-13-4-3-10(7-13)14-6-9(5-11)12-8-14/h6,8,10H,2-5,7H2,1H3. The molecule has 0 N–H and O–H groups in total. The highest BCUT2D eigenvalue weighted by atomic mass is 35.5. The smallest absolute Gasteiger partial charge is 0.0952 e. The molecule has 0 radical (unpaired) electrons. The van der Waals surface area contributed by atoms with Gasteiger partial charge in [0.2, 0.25) is 0 Å². The van der Waals surface area contributed by atoms with Gasteiger partial charge in [0.15, 0.2) is 0 Å². The summed E-state index contributed by atoms with van der Waals surface area (Å²) in [6.07, 6.45) is 5.20. The molecule has 14 heavy (non-hydrogen) atoms. The molecule has 0 aliphatic carbocycles. The van der Waals surface area contributed by atoms with Crippen molar-refractivity contribution >= 4 is 11.6 Å². The second kappa shape index (κ2) is 4.32. The normalized spacial score (nSPS) is 23.1. The second-order valence-electron chi connectivity index (χ2n) is 3.78. The van der Waals surface area contributed by atoms with Gasteiger partial charge in [0.25, 0.3) is 0 Å². The number of hydrogen-bond acceptors (Lipinski definition) is 2. The molecule has 0 bridgehead atoms. The predicted octanol–water partition coefficient (Wildman–Crippen LogP) is 1.89. The van der Waals surface area contributed by atoms with E-state index < -0.39 is 0 Å². The number of hydrogen-bond donors (Lipinski definition) is 0. The maximum absolute atomic E-state index is 5.72. The van der Waals surface area contributed by atoms with Gasteiger partial charge in [-0.2, -0.15) is 0 Å². The lowest BCUT2D eigenvalue weighted by molar-refractivity contribution is 0.341. The monoisotopic (exact) mass is 213 g/mol. The lowest BCUT2D eigenvalue weighted by atomic mass is 10.2. The first kappa shape index (κ1) is 9.99. The molecule has 0 amide bonds. The fourth-order valence-electron chi connectivity index (χ4n) is 1.99. The molecule has 2 rings (SSSR count). The van der Waals surface area contributed by atoms with Crippen LogP contribution in [0.15, 0.2) is 12.5 Å². The van der Waals surface area contributed by atoms with Crippen LogP contribution in [0.3, 0.4) is 0 Å². The molecule has 4 heteroatoms. The van der Waals surface area contributed by atoms with E-state index in [1.54, 1.807) is 0 Å². The number of alkyl halides is 1. The summed E-state index contributed by atoms with van der Waals surface area (Å²) in [5.41, 5.74) is 0.974. The van der Waals surface area contributed by atoms with Crippen molar-refractivity contribution in [2.45, 2.75) is 25.3 Å². The molecule has 1 aromatic rings. The summed E-state index contributed by atoms with van der Waals surface area (Å²) >= 11 is 5.72. The summed E-state index contributed by atoms with van der Waals surface area (Å²) in [5, 5.41) is 0. The Kier molecular flexibility index (Phi) is 3.08. The Balaban J connectivity index is 2.02. The molecular weight excluding hydrogens is 198 g/mol. The maximum Gasteiger partial charge on any atom is 0.0952 e. The predicted molar refractivity (Wildman–Crippen MR) is 57.6 cm³/mol. The zero-order chi connectivity index (χ0) is 9.97. The third kappa shape index (κ3) is 1.93. The summed E-state index contributed by atoms with van der Waals surface area (Å²) in [6, 6.07) is 0.597. The van der Waals surface area contributed by atoms with E-state index in [0.29, 0.717) is 11.9 Å². The van der Waals surface area contributed by atoms with Crippen molar-refractivity contribution in [2.24, 2.45) is 0 Å². The molecule has 1 atom stereocenters. The Morgan fingerprint density at radius 3 is 3.07 bits per heavy atom. The molecule has 2 heterocycles. The molecule has 1 aromatic heterocycles. The van der Waals surface area contributed by atoms with Gasteiger partial charge in [-0.15, -0.1) is 11.6 Å². The molecule has 1 unspecified atom stereocenters. The summed E-state index contributed by atoms with van der Waals surface area (Å²) < 4.78 is 2.20. The fraction of sp³-hybridized carbons (Fsp3) is 0.700. The highest BCUT2D eigenvalue weighted by molar-refractivity contribution is 6.16. The zero-order valence-corrected chi connectivity index (χ0v) is 9.24. The Bertz CT molecular complexity index is 297. The average Bonchev–Trinajstić information content (AvgIpc) is 2.86. The largest absolute Gasteiger partial charge is 0.333 e. The number of halogens is 1. The highest BCUT2D eigenvalue weighted by Crippen LogP contribution is 2.21. The first-order valence-corrected chi connectivity index (χ1v) is 5.67. The van der Waals surface area contributed by atoms with Gasteiger partial charge in [0, 0.05) is 25.3 Å². The molecule has 0 aromatic carbocycles. The van der Waals surface area contributed by atoms with Crippen LogP contribution in [0.2, 0.25) is 0 Å². The van der Waals surface area contributed by atoms with Crippen molar-refractivity contribution in [3.05, 3.63) is 18.2 Å². The van der Waals surface area contributed by atoms with Gasteiger partial charge >= 0.3 is 0 Å².